The predicted octanol–water partition coefficient (Wildman–Crippen LogP) is 6.23. The first kappa shape index (κ1) is 48.4. The van der Waals surface area contributed by atoms with E-state index in [9.17, 15) is 37.3 Å². The van der Waals surface area contributed by atoms with Crippen molar-refractivity contribution in [1.82, 2.24) is 20.3 Å². The molecule has 0 fully saturated rings. The first-order valence-electron chi connectivity index (χ1n) is 21.8. The highest BCUT2D eigenvalue weighted by Gasteiger charge is 2.35. The van der Waals surface area contributed by atoms with E-state index in [4.69, 9.17) is 24.7 Å². The van der Waals surface area contributed by atoms with Crippen molar-refractivity contribution in [2.24, 2.45) is 5.73 Å². The molecular formula is C49H50N6O12S. The molecule has 18 nitrogen and oxygen atoms in total. The molecule has 0 saturated heterocycles. The number of nitrogens with zero attached hydrogens (tertiary/aromatic N) is 2. The van der Waals surface area contributed by atoms with Crippen LogP contribution in [0.4, 0.5) is 5.82 Å². The van der Waals surface area contributed by atoms with Crippen molar-refractivity contribution in [1.29, 1.82) is 0 Å². The summed E-state index contributed by atoms with van der Waals surface area (Å²) < 4.78 is 55.9. The molecule has 1 aliphatic heterocycles. The molecule has 0 spiro atoms. The van der Waals surface area contributed by atoms with E-state index >= 15 is 0 Å². The number of imide groups is 1. The van der Waals surface area contributed by atoms with E-state index in [-0.39, 0.29) is 72.5 Å². The fourth-order valence-electron chi connectivity index (χ4n) is 7.39. The SMILES string of the molecule is NCCCOc1ccc(CC(C(=O)O)N(C(=O)CCCCCOc2[nH]c(=O)c(-c3ccc4c(c3)OCO4)cc2-c2ccccc2)C(=O)c2ccc(NNCc3ccccc3S(=O)(=O)O)nc2)cc1. The van der Waals surface area contributed by atoms with Gasteiger partial charge in [-0.3, -0.25) is 28.8 Å². The molecule has 2 aromatic heterocycles. The number of aromatic amines is 1. The van der Waals surface area contributed by atoms with Gasteiger partial charge in [0, 0.05) is 36.7 Å². The molecule has 0 aliphatic carbocycles. The molecule has 7 rings (SSSR count). The molecule has 0 saturated carbocycles. The van der Waals surface area contributed by atoms with E-state index in [1.165, 1.54) is 36.5 Å². The third-order valence-electron chi connectivity index (χ3n) is 10.9. The Balaban J connectivity index is 1.02. The van der Waals surface area contributed by atoms with Crippen molar-refractivity contribution in [2.75, 3.05) is 32.0 Å². The van der Waals surface area contributed by atoms with Crippen LogP contribution in [0.5, 0.6) is 23.1 Å². The summed E-state index contributed by atoms with van der Waals surface area (Å²) in [5, 5.41) is 10.5. The highest BCUT2D eigenvalue weighted by molar-refractivity contribution is 7.85. The zero-order valence-corrected chi connectivity index (χ0v) is 37.6. The molecule has 6 aromatic rings. The van der Waals surface area contributed by atoms with Crippen molar-refractivity contribution < 1.29 is 51.4 Å². The maximum atomic E-state index is 14.2. The van der Waals surface area contributed by atoms with Crippen LogP contribution in [-0.2, 0) is 32.7 Å². The minimum Gasteiger partial charge on any atom is -0.494 e. The minimum atomic E-state index is -4.47. The monoisotopic (exact) mass is 946 g/mol. The number of carboxylic acid groups (broad SMARTS) is 1. The average Bonchev–Trinajstić information content (AvgIpc) is 3.82. The molecule has 1 unspecified atom stereocenters. The zero-order chi connectivity index (χ0) is 48.0. The average molecular weight is 947 g/mol. The van der Waals surface area contributed by atoms with E-state index in [0.29, 0.717) is 71.9 Å². The Morgan fingerprint density at radius 1 is 0.824 bits per heavy atom. The first-order valence-corrected chi connectivity index (χ1v) is 23.2. The number of amides is 2. The van der Waals surface area contributed by atoms with E-state index in [0.717, 1.165) is 10.5 Å². The summed E-state index contributed by atoms with van der Waals surface area (Å²) in [5.41, 5.74) is 14.1. The van der Waals surface area contributed by atoms with Crippen molar-refractivity contribution in [2.45, 2.75) is 56.0 Å². The van der Waals surface area contributed by atoms with Crippen LogP contribution in [0.15, 0.2) is 131 Å². The number of nitrogens with one attached hydrogen (secondary N) is 3. The van der Waals surface area contributed by atoms with Gasteiger partial charge in [-0.05, 0) is 103 Å². The van der Waals surface area contributed by atoms with Gasteiger partial charge in [-0.25, -0.2) is 15.2 Å². The molecule has 7 N–H and O–H groups in total. The Hall–Kier alpha value is -7.58. The van der Waals surface area contributed by atoms with Gasteiger partial charge < -0.3 is 35.2 Å². The van der Waals surface area contributed by atoms with E-state index in [1.807, 2.05) is 30.3 Å². The number of pyridine rings is 2. The fraction of sp³-hybridized carbons (Fsp3) is 0.245. The van der Waals surface area contributed by atoms with Gasteiger partial charge >= 0.3 is 5.97 Å². The standard InChI is InChI=1S/C49H50N6O12S/c50-23-9-25-64-37-19-15-32(16-20-37)26-40(49(59)60)55(48(58)36-18-22-44(51-29-36)54-52-30-35-12-6-7-13-43(35)68(61,62)63)45(56)14-5-2-8-24-65-47-39(33-10-3-1-4-11-33)28-38(46(57)53-47)34-17-21-41-42(27-34)67-31-66-41/h1,3-4,6-7,10-13,15-22,27-29,40,52H,2,5,8-9,14,23-26,30-31,50H2,(H,51,54)(H,53,57)(H,59,60)(H,61,62,63). The van der Waals surface area contributed by atoms with Crippen LogP contribution >= 0.6 is 0 Å². The van der Waals surface area contributed by atoms with Crippen LogP contribution in [-0.4, -0.2) is 83.3 Å². The predicted molar refractivity (Wildman–Crippen MR) is 251 cm³/mol. The topological polar surface area (TPSA) is 262 Å². The number of aromatic nitrogens is 2. The molecule has 354 valence electrons. The van der Waals surface area contributed by atoms with Crippen LogP contribution in [0.1, 0.15) is 53.6 Å². The van der Waals surface area contributed by atoms with Gasteiger partial charge in [0.05, 0.1) is 23.7 Å². The number of carbonyl (C=O) groups is 3. The van der Waals surface area contributed by atoms with Crippen LogP contribution in [0.3, 0.4) is 0 Å². The van der Waals surface area contributed by atoms with Crippen LogP contribution in [0.25, 0.3) is 22.3 Å². The number of rotatable bonds is 23. The van der Waals surface area contributed by atoms with Gasteiger partial charge in [0.1, 0.15) is 17.6 Å². The second-order valence-electron chi connectivity index (χ2n) is 15.6. The molecular weight excluding hydrogens is 897 g/mol. The summed E-state index contributed by atoms with van der Waals surface area (Å²) >= 11 is 0. The number of hydrogen-bond acceptors (Lipinski definition) is 14. The smallest absolute Gasteiger partial charge is 0.327 e. The number of ether oxygens (including phenoxy) is 4. The number of fused-ring (bicyclic) bond motifs is 1. The Bertz CT molecular complexity index is 2880. The van der Waals surface area contributed by atoms with Crippen molar-refractivity contribution in [3.05, 3.63) is 149 Å². The van der Waals surface area contributed by atoms with Gasteiger partial charge in [0.2, 0.25) is 18.6 Å². The number of carboxylic acids is 1. The van der Waals surface area contributed by atoms with Gasteiger partial charge in [-0.2, -0.15) is 8.42 Å². The van der Waals surface area contributed by atoms with Crippen LogP contribution in [0, 0.1) is 0 Å². The third-order valence-corrected chi connectivity index (χ3v) is 11.8. The number of carbonyl (C=O) groups excluding carboxylic acids is 2. The molecule has 19 heteroatoms. The van der Waals surface area contributed by atoms with E-state index in [1.54, 1.807) is 54.6 Å². The van der Waals surface area contributed by atoms with E-state index in [2.05, 4.69) is 20.8 Å². The molecule has 1 atom stereocenters. The van der Waals surface area contributed by atoms with Crippen LogP contribution < -0.4 is 41.1 Å². The summed E-state index contributed by atoms with van der Waals surface area (Å²) in [6, 6.07) is 30.3. The lowest BCUT2D eigenvalue weighted by molar-refractivity contribution is -0.148. The number of nitrogens with two attached hydrogens (primary N) is 1. The Kier molecular flexibility index (Phi) is 16.2. The maximum Gasteiger partial charge on any atom is 0.327 e. The highest BCUT2D eigenvalue weighted by atomic mass is 32.2. The highest BCUT2D eigenvalue weighted by Crippen LogP contribution is 2.37. The number of benzene rings is 4. The summed E-state index contributed by atoms with van der Waals surface area (Å²) in [6.07, 6.45) is 2.68. The number of anilines is 1. The molecule has 1 aliphatic rings. The summed E-state index contributed by atoms with van der Waals surface area (Å²) in [6.45, 7) is 1.11. The fourth-order valence-corrected chi connectivity index (χ4v) is 8.11. The summed E-state index contributed by atoms with van der Waals surface area (Å²) in [5.74, 6) is -0.793. The quantitative estimate of drug-likeness (QED) is 0.0236. The largest absolute Gasteiger partial charge is 0.494 e. The summed E-state index contributed by atoms with van der Waals surface area (Å²) in [4.78, 5) is 62.2. The Labute approximate surface area is 391 Å². The van der Waals surface area contributed by atoms with Crippen LogP contribution in [0.2, 0.25) is 0 Å². The maximum absolute atomic E-state index is 14.2. The Morgan fingerprint density at radius 2 is 1.57 bits per heavy atom. The molecule has 3 heterocycles. The molecule has 0 radical (unpaired) electrons. The normalized spacial score (nSPS) is 12.3. The van der Waals surface area contributed by atoms with Crippen molar-refractivity contribution >= 4 is 33.7 Å². The van der Waals surface area contributed by atoms with Gasteiger partial charge in [-0.1, -0.05) is 66.7 Å². The third kappa shape index (κ3) is 12.4. The van der Waals surface area contributed by atoms with Crippen molar-refractivity contribution in [3.8, 4) is 45.4 Å². The molecule has 2 amide bonds. The van der Waals surface area contributed by atoms with Gasteiger partial charge in [-0.15, -0.1) is 0 Å². The minimum absolute atomic E-state index is 0.0294. The number of hydrogen-bond donors (Lipinski definition) is 6. The number of aliphatic carboxylic acids is 1. The Morgan fingerprint density at radius 3 is 2.31 bits per heavy atom. The zero-order valence-electron chi connectivity index (χ0n) is 36.8. The molecule has 0 bridgehead atoms. The van der Waals surface area contributed by atoms with E-state index < -0.39 is 33.9 Å². The summed E-state index contributed by atoms with van der Waals surface area (Å²) in [7, 11) is -4.47. The number of unbranched alkanes of at least 4 members (excludes halogenated alkanes) is 2. The molecule has 4 aromatic carbocycles. The lowest BCUT2D eigenvalue weighted by atomic mass is 10.0. The lowest BCUT2D eigenvalue weighted by Gasteiger charge is -2.28. The second kappa shape index (κ2) is 22.7. The number of hydrazine groups is 1. The van der Waals surface area contributed by atoms with Gasteiger partial charge in [0.25, 0.3) is 21.6 Å². The van der Waals surface area contributed by atoms with Gasteiger partial charge in [0.15, 0.2) is 11.5 Å². The second-order valence-corrected chi connectivity index (χ2v) is 17.0. The first-order chi connectivity index (χ1) is 32.9. The van der Waals surface area contributed by atoms with Crippen molar-refractivity contribution in [3.63, 3.8) is 0 Å². The molecule has 68 heavy (non-hydrogen) atoms. The lowest BCUT2D eigenvalue weighted by Crippen LogP contribution is -2.49. The number of H-pyrrole nitrogens is 1.